The van der Waals surface area contributed by atoms with Crippen molar-refractivity contribution in [3.05, 3.63) is 16.9 Å². The molecule has 6 nitrogen and oxygen atoms in total. The van der Waals surface area contributed by atoms with Crippen molar-refractivity contribution in [3.63, 3.8) is 0 Å². The summed E-state index contributed by atoms with van der Waals surface area (Å²) in [5, 5.41) is 4.62. The van der Waals surface area contributed by atoms with Gasteiger partial charge >= 0.3 is 0 Å². The quantitative estimate of drug-likeness (QED) is 0.628. The molecular weight excluding hydrogens is 394 g/mol. The third-order valence-corrected chi connectivity index (χ3v) is 4.82. The number of rotatable bonds is 6. The fourth-order valence-corrected chi connectivity index (χ4v) is 3.71. The van der Waals surface area contributed by atoms with E-state index in [1.807, 2.05) is 12.4 Å². The molecule has 0 radical (unpaired) electrons. The predicted octanol–water partition coefficient (Wildman–Crippen LogP) is 3.12. The van der Waals surface area contributed by atoms with E-state index < -0.39 is 0 Å². The molecule has 134 valence electrons. The van der Waals surface area contributed by atoms with Gasteiger partial charge in [0.2, 0.25) is 0 Å². The van der Waals surface area contributed by atoms with Crippen LogP contribution in [-0.4, -0.2) is 49.4 Å². The molecule has 8 heteroatoms. The van der Waals surface area contributed by atoms with Crippen molar-refractivity contribution in [1.29, 1.82) is 0 Å². The number of aromatic nitrogens is 2. The zero-order valence-electron chi connectivity index (χ0n) is 13.8. The first-order chi connectivity index (χ1) is 11.2. The topological polar surface area (TPSA) is 79.2 Å². The van der Waals surface area contributed by atoms with Gasteiger partial charge in [-0.15, -0.1) is 12.4 Å². The predicted molar refractivity (Wildman–Crippen MR) is 105 cm³/mol. The summed E-state index contributed by atoms with van der Waals surface area (Å²) in [7, 11) is 1.73. The molecule has 2 aromatic heterocycles. The first-order valence-corrected chi connectivity index (χ1v) is 8.89. The van der Waals surface area contributed by atoms with Crippen LogP contribution < -0.4 is 16.0 Å². The molecule has 4 N–H and O–H groups in total. The lowest BCUT2D eigenvalue weighted by molar-refractivity contribution is 0.198. The molecule has 0 aromatic carbocycles. The molecular formula is C16H25BrClN5O. The number of pyridine rings is 1. The minimum atomic E-state index is 0. The van der Waals surface area contributed by atoms with Crippen LogP contribution in [0.5, 0.6) is 0 Å². The van der Waals surface area contributed by atoms with Gasteiger partial charge < -0.3 is 25.7 Å². The number of nitrogens with zero attached hydrogens (tertiary/aromatic N) is 2. The molecule has 0 aliphatic carbocycles. The zero-order chi connectivity index (χ0) is 16.2. The fraction of sp³-hybridized carbons (Fsp3) is 0.562. The smallest absolute Gasteiger partial charge is 0.141 e. The number of halogens is 2. The van der Waals surface area contributed by atoms with Gasteiger partial charge in [0.05, 0.1) is 21.2 Å². The van der Waals surface area contributed by atoms with Crippen LogP contribution in [0, 0.1) is 0 Å². The van der Waals surface area contributed by atoms with Gasteiger partial charge in [-0.1, -0.05) is 0 Å². The number of nitrogens with one attached hydrogen (secondary N) is 2. The largest absolute Gasteiger partial charge is 0.385 e. The number of anilines is 2. The molecule has 3 rings (SSSR count). The molecule has 1 aliphatic heterocycles. The molecule has 0 amide bonds. The van der Waals surface area contributed by atoms with E-state index in [2.05, 4.69) is 36.1 Å². The van der Waals surface area contributed by atoms with Crippen molar-refractivity contribution in [1.82, 2.24) is 9.97 Å². The van der Waals surface area contributed by atoms with Crippen LogP contribution in [0.2, 0.25) is 0 Å². The number of nitrogens with two attached hydrogens (primary N) is 1. The Labute approximate surface area is 157 Å². The van der Waals surface area contributed by atoms with Crippen LogP contribution in [0.25, 0.3) is 11.0 Å². The van der Waals surface area contributed by atoms with Gasteiger partial charge in [-0.25, -0.2) is 4.98 Å². The third kappa shape index (κ3) is 4.14. The summed E-state index contributed by atoms with van der Waals surface area (Å²) in [5.41, 5.74) is 9.34. The first kappa shape index (κ1) is 19.3. The average molecular weight is 419 g/mol. The number of hydrogen-bond acceptors (Lipinski definition) is 5. The van der Waals surface area contributed by atoms with Gasteiger partial charge in [0, 0.05) is 51.8 Å². The SMILES string of the molecule is COCCCNc1c[nH]c2ncc(Br)c(N3CCC[C@@H](N)C3)c12.Cl. The molecule has 2 aromatic rings. The number of piperidine rings is 1. The highest BCUT2D eigenvalue weighted by Gasteiger charge is 2.23. The Balaban J connectivity index is 0.00000208. The van der Waals surface area contributed by atoms with Crippen molar-refractivity contribution < 1.29 is 4.74 Å². The first-order valence-electron chi connectivity index (χ1n) is 8.09. The van der Waals surface area contributed by atoms with E-state index in [1.54, 1.807) is 7.11 Å². The van der Waals surface area contributed by atoms with E-state index in [0.717, 1.165) is 66.7 Å². The second-order valence-corrected chi connectivity index (χ2v) is 6.86. The molecule has 1 fully saturated rings. The lowest BCUT2D eigenvalue weighted by Crippen LogP contribution is -2.43. The van der Waals surface area contributed by atoms with Gasteiger partial charge in [0.1, 0.15) is 5.65 Å². The van der Waals surface area contributed by atoms with E-state index in [0.29, 0.717) is 0 Å². The van der Waals surface area contributed by atoms with E-state index in [9.17, 15) is 0 Å². The van der Waals surface area contributed by atoms with Crippen LogP contribution in [0.15, 0.2) is 16.9 Å². The number of H-pyrrole nitrogens is 1. The Bertz CT molecular complexity index is 665. The molecule has 24 heavy (non-hydrogen) atoms. The average Bonchev–Trinajstić information content (AvgIpc) is 2.94. The van der Waals surface area contributed by atoms with Crippen LogP contribution in [0.3, 0.4) is 0 Å². The molecule has 0 unspecified atom stereocenters. The van der Waals surface area contributed by atoms with Crippen molar-refractivity contribution >= 4 is 50.7 Å². The highest BCUT2D eigenvalue weighted by molar-refractivity contribution is 9.10. The van der Waals surface area contributed by atoms with Gasteiger partial charge in [-0.3, -0.25) is 0 Å². The maximum atomic E-state index is 6.17. The summed E-state index contributed by atoms with van der Waals surface area (Å²) < 4.78 is 6.12. The van der Waals surface area contributed by atoms with Crippen LogP contribution >= 0.6 is 28.3 Å². The molecule has 1 atom stereocenters. The zero-order valence-corrected chi connectivity index (χ0v) is 16.3. The Kier molecular flexibility index (Phi) is 7.16. The van der Waals surface area contributed by atoms with E-state index in [-0.39, 0.29) is 18.4 Å². The van der Waals surface area contributed by atoms with Crippen molar-refractivity contribution in [2.75, 3.05) is 43.6 Å². The second-order valence-electron chi connectivity index (χ2n) is 6.00. The minimum Gasteiger partial charge on any atom is -0.385 e. The van der Waals surface area contributed by atoms with E-state index >= 15 is 0 Å². The summed E-state index contributed by atoms with van der Waals surface area (Å²) in [6.45, 7) is 3.53. The monoisotopic (exact) mass is 417 g/mol. The summed E-state index contributed by atoms with van der Waals surface area (Å²) in [6.07, 6.45) is 7.04. The normalized spacial score (nSPS) is 17.8. The van der Waals surface area contributed by atoms with Gasteiger partial charge in [0.25, 0.3) is 0 Å². The summed E-state index contributed by atoms with van der Waals surface area (Å²) in [5.74, 6) is 0. The van der Waals surface area contributed by atoms with Crippen molar-refractivity contribution in [2.24, 2.45) is 5.73 Å². The van der Waals surface area contributed by atoms with Gasteiger partial charge in [0.15, 0.2) is 0 Å². The van der Waals surface area contributed by atoms with Gasteiger partial charge in [-0.2, -0.15) is 0 Å². The molecule has 1 saturated heterocycles. The maximum Gasteiger partial charge on any atom is 0.141 e. The van der Waals surface area contributed by atoms with Crippen LogP contribution in [0.1, 0.15) is 19.3 Å². The Morgan fingerprint density at radius 3 is 3.12 bits per heavy atom. The number of methoxy groups -OCH3 is 1. The van der Waals surface area contributed by atoms with E-state index in [1.165, 1.54) is 5.69 Å². The molecule has 0 saturated carbocycles. The Hall–Kier alpha value is -1.02. The van der Waals surface area contributed by atoms with Gasteiger partial charge in [-0.05, 0) is 35.2 Å². The van der Waals surface area contributed by atoms with Crippen LogP contribution in [-0.2, 0) is 4.74 Å². The number of aromatic amines is 1. The third-order valence-electron chi connectivity index (χ3n) is 4.24. The standard InChI is InChI=1S/C16H24BrN5O.ClH/c1-23-7-3-5-19-13-9-21-16-14(13)15(12(17)8-20-16)22-6-2-4-11(18)10-22;/h8-9,11,19H,2-7,10,18H2,1H3,(H,20,21);1H/t11-;/m1./s1. The molecule has 3 heterocycles. The maximum absolute atomic E-state index is 6.17. The molecule has 1 aliphatic rings. The number of hydrogen-bond donors (Lipinski definition) is 3. The summed E-state index contributed by atoms with van der Waals surface area (Å²) in [6, 6.07) is 0.232. The number of ether oxygens (including phenoxy) is 1. The van der Waals surface area contributed by atoms with Crippen LogP contribution in [0.4, 0.5) is 11.4 Å². The lowest BCUT2D eigenvalue weighted by Gasteiger charge is -2.33. The summed E-state index contributed by atoms with van der Waals surface area (Å²) in [4.78, 5) is 10.1. The highest BCUT2D eigenvalue weighted by atomic mass is 79.9. The number of fused-ring (bicyclic) bond motifs is 1. The highest BCUT2D eigenvalue weighted by Crippen LogP contribution is 2.38. The van der Waals surface area contributed by atoms with Crippen molar-refractivity contribution in [2.45, 2.75) is 25.3 Å². The Morgan fingerprint density at radius 1 is 1.54 bits per heavy atom. The summed E-state index contributed by atoms with van der Waals surface area (Å²) >= 11 is 3.68. The fourth-order valence-electron chi connectivity index (χ4n) is 3.16. The minimum absolute atomic E-state index is 0. The molecule has 0 bridgehead atoms. The lowest BCUT2D eigenvalue weighted by atomic mass is 10.1. The second kappa shape index (κ2) is 8.89. The Morgan fingerprint density at radius 2 is 2.38 bits per heavy atom. The van der Waals surface area contributed by atoms with E-state index in [4.69, 9.17) is 10.5 Å². The van der Waals surface area contributed by atoms with Crippen molar-refractivity contribution in [3.8, 4) is 0 Å². The molecule has 0 spiro atoms.